The number of hydrogen-bond donors (Lipinski definition) is 0. The first-order valence-electron chi connectivity index (χ1n) is 6.21. The lowest BCUT2D eigenvalue weighted by molar-refractivity contribution is -0.128. The van der Waals surface area contributed by atoms with Crippen molar-refractivity contribution < 1.29 is 14.3 Å². The van der Waals surface area contributed by atoms with E-state index in [1.807, 2.05) is 6.07 Å². The molecule has 0 saturated heterocycles. The monoisotopic (exact) mass is 260 g/mol. The number of fused-ring (bicyclic) bond motifs is 3. The van der Waals surface area contributed by atoms with Crippen LogP contribution < -0.4 is 4.74 Å². The van der Waals surface area contributed by atoms with Gasteiger partial charge in [0.05, 0.1) is 13.5 Å². The number of hydrogen-bond acceptors (Lipinski definition) is 3. The second-order valence-electron chi connectivity index (χ2n) is 5.38. The first kappa shape index (κ1) is 15.2. The molecular weight excluding hydrogens is 240 g/mol. The lowest BCUT2D eigenvalue weighted by Gasteiger charge is -2.13. The van der Waals surface area contributed by atoms with E-state index in [1.54, 1.807) is 27.9 Å². The van der Waals surface area contributed by atoms with Crippen LogP contribution in [0.1, 0.15) is 27.2 Å². The quantitative estimate of drug-likeness (QED) is 0.627. The van der Waals surface area contributed by atoms with E-state index in [1.165, 1.54) is 5.39 Å². The van der Waals surface area contributed by atoms with E-state index in [0.29, 0.717) is 6.29 Å². The van der Waals surface area contributed by atoms with Gasteiger partial charge in [-0.3, -0.25) is 4.79 Å². The van der Waals surface area contributed by atoms with E-state index in [-0.39, 0.29) is 17.6 Å². The van der Waals surface area contributed by atoms with Crippen molar-refractivity contribution in [3.63, 3.8) is 0 Å². The van der Waals surface area contributed by atoms with E-state index in [0.717, 1.165) is 11.1 Å². The molecule has 0 saturated carbocycles. The maximum Gasteiger partial charge on any atom is 0.145 e. The maximum absolute atomic E-state index is 10.8. The summed E-state index contributed by atoms with van der Waals surface area (Å²) in [6.07, 6.45) is 0.692. The van der Waals surface area contributed by atoms with Crippen LogP contribution in [0.15, 0.2) is 30.3 Å². The van der Waals surface area contributed by atoms with E-state index in [4.69, 9.17) is 4.74 Å². The third-order valence-corrected chi connectivity index (χ3v) is 2.82. The van der Waals surface area contributed by atoms with Crippen molar-refractivity contribution in [2.45, 2.75) is 27.2 Å². The first-order valence-corrected chi connectivity index (χ1v) is 6.21. The van der Waals surface area contributed by atoms with Crippen LogP contribution in [0.3, 0.4) is 0 Å². The van der Waals surface area contributed by atoms with Gasteiger partial charge in [-0.15, -0.1) is 0 Å². The standard InChI is InChI=1S/C9H8O.C7H12O2/c1-10-9-6-7-2-4-8(9)5-3-7;1-7(2,3)6(9)4-5-8/h2-6H,1H3;5H,4H2,1-3H3. The minimum atomic E-state index is -0.360. The fourth-order valence-electron chi connectivity index (χ4n) is 1.54. The van der Waals surface area contributed by atoms with Crippen molar-refractivity contribution >= 4 is 22.8 Å². The zero-order valence-corrected chi connectivity index (χ0v) is 11.9. The first-order chi connectivity index (χ1) is 8.88. The van der Waals surface area contributed by atoms with Crippen molar-refractivity contribution in [3.8, 4) is 5.75 Å². The second kappa shape index (κ2) is 6.32. The van der Waals surface area contributed by atoms with Gasteiger partial charge in [0.1, 0.15) is 17.8 Å². The number of methoxy groups -OCH3 is 1. The second-order valence-corrected chi connectivity index (χ2v) is 5.38. The molecule has 0 atom stereocenters. The van der Waals surface area contributed by atoms with E-state index in [2.05, 4.69) is 24.3 Å². The minimum Gasteiger partial charge on any atom is -0.496 e. The predicted octanol–water partition coefficient (Wildman–Crippen LogP) is 3.48. The molecule has 0 aliphatic heterocycles. The number of ether oxygens (including phenoxy) is 1. The molecule has 0 aromatic heterocycles. The highest BCUT2D eigenvalue weighted by atomic mass is 16.5. The average molecular weight is 260 g/mol. The molecule has 0 aliphatic carbocycles. The third-order valence-electron chi connectivity index (χ3n) is 2.82. The summed E-state index contributed by atoms with van der Waals surface area (Å²) in [6, 6.07) is 10.3. The van der Waals surface area contributed by atoms with E-state index < -0.39 is 0 Å². The molecule has 0 fully saturated rings. The molecule has 0 heterocycles. The summed E-state index contributed by atoms with van der Waals surface area (Å²) >= 11 is 0. The smallest absolute Gasteiger partial charge is 0.145 e. The summed E-state index contributed by atoms with van der Waals surface area (Å²) in [7, 11) is 1.70. The average Bonchev–Trinajstić information content (AvgIpc) is 2.40. The van der Waals surface area contributed by atoms with Gasteiger partial charge in [0.2, 0.25) is 0 Å². The zero-order valence-electron chi connectivity index (χ0n) is 11.9. The van der Waals surface area contributed by atoms with Gasteiger partial charge >= 0.3 is 0 Å². The van der Waals surface area contributed by atoms with Gasteiger partial charge in [-0.25, -0.2) is 0 Å². The van der Waals surface area contributed by atoms with Crippen LogP contribution in [0.4, 0.5) is 0 Å². The Kier molecular flexibility index (Phi) is 5.04. The molecule has 0 radical (unpaired) electrons. The molecule has 19 heavy (non-hydrogen) atoms. The molecule has 3 aromatic rings. The van der Waals surface area contributed by atoms with Gasteiger partial charge in [-0.1, -0.05) is 45.0 Å². The van der Waals surface area contributed by atoms with Crippen molar-refractivity contribution in [2.24, 2.45) is 5.41 Å². The molecule has 0 amide bonds. The summed E-state index contributed by atoms with van der Waals surface area (Å²) in [6.45, 7) is 5.41. The number of ketones is 1. The molecule has 3 nitrogen and oxygen atoms in total. The zero-order chi connectivity index (χ0) is 14.5. The number of carbonyl (C=O) groups excluding carboxylic acids is 2. The van der Waals surface area contributed by atoms with Crippen LogP contribution >= 0.6 is 0 Å². The van der Waals surface area contributed by atoms with Crippen LogP contribution in [0, 0.1) is 5.41 Å². The summed E-state index contributed by atoms with van der Waals surface area (Å²) < 4.78 is 5.13. The number of Topliss-reactive ketones (excluding diaryl/α,β-unsaturated/α-hetero) is 1. The minimum absolute atomic E-state index is 0.00231. The molecular formula is C16H20O3. The molecule has 2 bridgehead atoms. The highest BCUT2D eigenvalue weighted by molar-refractivity contribution is 5.93. The SMILES string of the molecule is CC(C)(C)C(=O)CC=O.COc1cc2ccc1cc2. The Bertz CT molecular complexity index is 517. The van der Waals surface area contributed by atoms with Gasteiger partial charge in [0.25, 0.3) is 0 Å². The van der Waals surface area contributed by atoms with Crippen LogP contribution in [0.25, 0.3) is 10.8 Å². The summed E-state index contributed by atoms with van der Waals surface area (Å²) in [4.78, 5) is 20.7. The van der Waals surface area contributed by atoms with Gasteiger partial charge < -0.3 is 9.53 Å². The van der Waals surface area contributed by atoms with E-state index in [9.17, 15) is 9.59 Å². The maximum atomic E-state index is 10.8. The topological polar surface area (TPSA) is 43.4 Å². The fraction of sp³-hybridized carbons (Fsp3) is 0.375. The highest BCUT2D eigenvalue weighted by Crippen LogP contribution is 2.24. The van der Waals surface area contributed by atoms with Crippen molar-refractivity contribution in [1.82, 2.24) is 0 Å². The summed E-state index contributed by atoms with van der Waals surface area (Å²) in [5.41, 5.74) is -0.360. The van der Waals surface area contributed by atoms with Gasteiger partial charge in [-0.05, 0) is 11.5 Å². The Morgan fingerprint density at radius 3 is 2.00 bits per heavy atom. The molecule has 0 aliphatic rings. The molecule has 0 spiro atoms. The van der Waals surface area contributed by atoms with Gasteiger partial charge in [0, 0.05) is 10.8 Å². The molecule has 3 rings (SSSR count). The van der Waals surface area contributed by atoms with E-state index >= 15 is 0 Å². The molecule has 3 heteroatoms. The number of carbonyl (C=O) groups is 2. The lowest BCUT2D eigenvalue weighted by Crippen LogP contribution is -2.19. The molecule has 3 aromatic carbocycles. The van der Waals surface area contributed by atoms with Crippen LogP contribution in [0.5, 0.6) is 5.75 Å². The molecule has 0 N–H and O–H groups in total. The van der Waals surface area contributed by atoms with Crippen molar-refractivity contribution in [1.29, 1.82) is 0 Å². The van der Waals surface area contributed by atoms with Crippen LogP contribution in [-0.4, -0.2) is 19.2 Å². The number of rotatable bonds is 3. The highest BCUT2D eigenvalue weighted by Gasteiger charge is 2.19. The van der Waals surface area contributed by atoms with Crippen molar-refractivity contribution in [2.75, 3.05) is 7.11 Å². The fourth-order valence-corrected chi connectivity index (χ4v) is 1.54. The Labute approximate surface area is 113 Å². The molecule has 0 unspecified atom stereocenters. The third kappa shape index (κ3) is 4.36. The number of aldehydes is 1. The molecule has 102 valence electrons. The predicted molar refractivity (Wildman–Crippen MR) is 76.8 cm³/mol. The van der Waals surface area contributed by atoms with Crippen molar-refractivity contribution in [3.05, 3.63) is 30.3 Å². The van der Waals surface area contributed by atoms with Gasteiger partial charge in [0.15, 0.2) is 0 Å². The Morgan fingerprint density at radius 1 is 1.21 bits per heavy atom. The van der Waals surface area contributed by atoms with Crippen LogP contribution in [0.2, 0.25) is 0 Å². The van der Waals surface area contributed by atoms with Crippen LogP contribution in [-0.2, 0) is 9.59 Å². The van der Waals surface area contributed by atoms with Gasteiger partial charge in [-0.2, -0.15) is 0 Å². The normalized spacial score (nSPS) is 10.7. The largest absolute Gasteiger partial charge is 0.496 e. The Morgan fingerprint density at radius 2 is 1.79 bits per heavy atom. The number of benzene rings is 3. The lowest BCUT2D eigenvalue weighted by atomic mass is 9.89. The summed E-state index contributed by atoms with van der Waals surface area (Å²) in [5, 5.41) is 2.38. The Balaban J connectivity index is 0.000000192. The Hall–Kier alpha value is -1.90. The summed E-state index contributed by atoms with van der Waals surface area (Å²) in [5.74, 6) is 0.970.